The summed E-state index contributed by atoms with van der Waals surface area (Å²) in [5.41, 5.74) is 1.98. The van der Waals surface area contributed by atoms with Crippen LogP contribution in [0.5, 0.6) is 11.5 Å². The van der Waals surface area contributed by atoms with Crippen molar-refractivity contribution in [3.8, 4) is 11.5 Å². The van der Waals surface area contributed by atoms with Gasteiger partial charge in [0.2, 0.25) is 0 Å². The second-order valence-electron chi connectivity index (χ2n) is 5.44. The fourth-order valence-electron chi connectivity index (χ4n) is 2.17. The summed E-state index contributed by atoms with van der Waals surface area (Å²) in [6, 6.07) is 9.98. The van der Waals surface area contributed by atoms with E-state index in [-0.39, 0.29) is 30.6 Å². The van der Waals surface area contributed by atoms with E-state index >= 15 is 0 Å². The summed E-state index contributed by atoms with van der Waals surface area (Å²) in [6.45, 7) is 8.15. The zero-order valence-corrected chi connectivity index (χ0v) is 19.0. The monoisotopic (exact) mass is 422 g/mol. The van der Waals surface area contributed by atoms with E-state index in [1.807, 2.05) is 13.8 Å². The van der Waals surface area contributed by atoms with Crippen molar-refractivity contribution in [1.82, 2.24) is 0 Å². The van der Waals surface area contributed by atoms with Gasteiger partial charge >= 0.3 is 19.5 Å². The van der Waals surface area contributed by atoms with Crippen molar-refractivity contribution < 1.29 is 48.8 Å². The maximum Gasteiger partial charge on any atom is 2.00 e. The van der Waals surface area contributed by atoms with E-state index in [1.165, 1.54) is 0 Å². The third-order valence-corrected chi connectivity index (χ3v) is 3.31. The van der Waals surface area contributed by atoms with Gasteiger partial charge in [0.1, 0.15) is 11.5 Å². The Hall–Kier alpha value is -2.40. The van der Waals surface area contributed by atoms with E-state index < -0.39 is 11.9 Å². The minimum Gasteiger partial charge on any atom is -0.545 e. The van der Waals surface area contributed by atoms with Crippen molar-refractivity contribution in [2.24, 2.45) is 0 Å². The van der Waals surface area contributed by atoms with Crippen LogP contribution in [0.2, 0.25) is 0 Å². The summed E-state index contributed by atoms with van der Waals surface area (Å²) in [4.78, 5) is 21.3. The molecule has 0 unspecified atom stereocenters. The number of carboxylic acids is 2. The van der Waals surface area contributed by atoms with E-state index in [0.717, 1.165) is 11.1 Å². The predicted molar refractivity (Wildman–Crippen MR) is 93.4 cm³/mol. The predicted octanol–water partition coefficient (Wildman–Crippen LogP) is 1.51. The fraction of sp³-hybridized carbons (Fsp3) is 0.300. The molecule has 0 atom stereocenters. The summed E-state index contributed by atoms with van der Waals surface area (Å²) in [5, 5.41) is 21.3. The smallest absolute Gasteiger partial charge is 0.545 e. The van der Waals surface area contributed by atoms with Crippen LogP contribution in [-0.4, -0.2) is 25.2 Å². The molecule has 140 valence electrons. The molecule has 7 heteroatoms. The van der Waals surface area contributed by atoms with Gasteiger partial charge in [-0.3, -0.25) is 0 Å². The summed E-state index contributed by atoms with van der Waals surface area (Å²) >= 11 is 0. The molecule has 0 aliphatic rings. The summed E-state index contributed by atoms with van der Waals surface area (Å²) < 4.78 is 10.3. The molecular formula is C20H22O6Zn. The number of hydrogen-bond acceptors (Lipinski definition) is 6. The quantitative estimate of drug-likeness (QED) is 0.653. The van der Waals surface area contributed by atoms with Gasteiger partial charge in [0.05, 0.1) is 25.2 Å². The normalized spacial score (nSPS) is 9.33. The van der Waals surface area contributed by atoms with Crippen LogP contribution < -0.4 is 19.7 Å². The Morgan fingerprint density at radius 3 is 1.37 bits per heavy atom. The Balaban J connectivity index is 0.000000483. The van der Waals surface area contributed by atoms with Crippen molar-refractivity contribution in [3.05, 3.63) is 58.7 Å². The molecule has 0 aromatic heterocycles. The molecule has 2 aromatic rings. The molecule has 0 fully saturated rings. The molecule has 0 radical (unpaired) electrons. The molecular weight excluding hydrogens is 402 g/mol. The Morgan fingerprint density at radius 1 is 0.778 bits per heavy atom. The number of rotatable bonds is 6. The molecule has 6 nitrogen and oxygen atoms in total. The number of ether oxygens (including phenoxy) is 2. The van der Waals surface area contributed by atoms with Crippen LogP contribution >= 0.6 is 0 Å². The molecule has 0 heterocycles. The first-order valence-electron chi connectivity index (χ1n) is 8.19. The number of carbonyl (C=O) groups is 2. The van der Waals surface area contributed by atoms with Gasteiger partial charge < -0.3 is 29.3 Å². The number of aromatic carboxylic acids is 2. The summed E-state index contributed by atoms with van der Waals surface area (Å²) in [5.74, 6) is -1.67. The number of carboxylic acid groups (broad SMARTS) is 2. The van der Waals surface area contributed by atoms with Gasteiger partial charge in [0.15, 0.2) is 0 Å². The Bertz CT molecular complexity index is 708. The van der Waals surface area contributed by atoms with Crippen molar-refractivity contribution in [1.29, 1.82) is 0 Å². The van der Waals surface area contributed by atoms with Crippen LogP contribution in [0.1, 0.15) is 45.7 Å². The molecule has 27 heavy (non-hydrogen) atoms. The van der Waals surface area contributed by atoms with Crippen molar-refractivity contribution >= 4 is 11.9 Å². The average Bonchev–Trinajstić information content (AvgIpc) is 2.58. The summed E-state index contributed by atoms with van der Waals surface area (Å²) in [7, 11) is 0. The molecule has 0 saturated heterocycles. The van der Waals surface area contributed by atoms with Crippen LogP contribution in [0.4, 0.5) is 0 Å². The number of aryl methyl sites for hydroxylation is 2. The van der Waals surface area contributed by atoms with Crippen molar-refractivity contribution in [3.63, 3.8) is 0 Å². The molecule has 0 amide bonds. The first-order valence-corrected chi connectivity index (χ1v) is 8.19. The largest absolute Gasteiger partial charge is 2.00 e. The SMILES string of the molecule is CCOc1ccc(C)cc1C(=O)[O-].CCOc1ccc(C)cc1C(=O)[O-].[Zn+2]. The van der Waals surface area contributed by atoms with E-state index in [0.29, 0.717) is 24.7 Å². The van der Waals surface area contributed by atoms with Gasteiger partial charge in [0, 0.05) is 11.1 Å². The van der Waals surface area contributed by atoms with Gasteiger partial charge in [-0.25, -0.2) is 0 Å². The zero-order chi connectivity index (χ0) is 19.7. The van der Waals surface area contributed by atoms with Gasteiger partial charge in [-0.2, -0.15) is 0 Å². The minimum absolute atomic E-state index is 0. The molecule has 0 bridgehead atoms. The fourth-order valence-corrected chi connectivity index (χ4v) is 2.17. The van der Waals surface area contributed by atoms with Gasteiger partial charge in [-0.1, -0.05) is 23.3 Å². The van der Waals surface area contributed by atoms with E-state index in [2.05, 4.69) is 0 Å². The minimum atomic E-state index is -1.20. The standard InChI is InChI=1S/2C10H12O3.Zn/c2*1-3-13-9-5-4-7(2)6-8(9)10(11)12;/h2*4-6H,3H2,1-2H3,(H,11,12);/q;;+2/p-2. The van der Waals surface area contributed by atoms with Crippen LogP contribution in [-0.2, 0) is 19.5 Å². The van der Waals surface area contributed by atoms with Crippen molar-refractivity contribution in [2.45, 2.75) is 27.7 Å². The van der Waals surface area contributed by atoms with Crippen LogP contribution in [0.25, 0.3) is 0 Å². The number of carbonyl (C=O) groups excluding carboxylic acids is 2. The van der Waals surface area contributed by atoms with E-state index in [4.69, 9.17) is 9.47 Å². The maximum atomic E-state index is 10.7. The molecule has 0 saturated carbocycles. The molecule has 2 aromatic carbocycles. The topological polar surface area (TPSA) is 98.7 Å². The van der Waals surface area contributed by atoms with Crippen LogP contribution in [0.15, 0.2) is 36.4 Å². The van der Waals surface area contributed by atoms with Gasteiger partial charge in [-0.05, 0) is 52.0 Å². The third kappa shape index (κ3) is 7.79. The molecule has 0 aliphatic carbocycles. The van der Waals surface area contributed by atoms with Crippen LogP contribution in [0, 0.1) is 13.8 Å². The number of benzene rings is 2. The molecule has 0 aliphatic heterocycles. The first-order chi connectivity index (χ1) is 12.3. The van der Waals surface area contributed by atoms with E-state index in [9.17, 15) is 19.8 Å². The Morgan fingerprint density at radius 2 is 1.11 bits per heavy atom. The number of hydrogen-bond donors (Lipinski definition) is 0. The van der Waals surface area contributed by atoms with E-state index in [1.54, 1.807) is 50.2 Å². The Kier molecular flexibility index (Phi) is 11.0. The molecule has 0 N–H and O–H groups in total. The van der Waals surface area contributed by atoms with Gasteiger partial charge in [-0.15, -0.1) is 0 Å². The second kappa shape index (κ2) is 12.1. The molecule has 0 spiro atoms. The van der Waals surface area contributed by atoms with Gasteiger partial charge in [0.25, 0.3) is 0 Å². The molecule has 2 rings (SSSR count). The summed E-state index contributed by atoms with van der Waals surface area (Å²) in [6.07, 6.45) is 0. The zero-order valence-electron chi connectivity index (χ0n) is 16.0. The average molecular weight is 424 g/mol. The van der Waals surface area contributed by atoms with Crippen LogP contribution in [0.3, 0.4) is 0 Å². The Labute approximate surface area is 171 Å². The maximum absolute atomic E-state index is 10.7. The van der Waals surface area contributed by atoms with Crippen molar-refractivity contribution in [2.75, 3.05) is 13.2 Å². The second-order valence-corrected chi connectivity index (χ2v) is 5.44. The third-order valence-electron chi connectivity index (χ3n) is 3.31. The first kappa shape index (κ1) is 24.6.